The highest BCUT2D eigenvalue weighted by Gasteiger charge is 2.26. The molecule has 9 nitrogen and oxygen atoms in total. The van der Waals surface area contributed by atoms with Gasteiger partial charge in [-0.2, -0.15) is 4.31 Å². The van der Waals surface area contributed by atoms with Crippen molar-refractivity contribution in [3.05, 3.63) is 59.2 Å². The Kier molecular flexibility index (Phi) is 5.86. The van der Waals surface area contributed by atoms with Crippen LogP contribution in [-0.4, -0.2) is 55.1 Å². The number of sulfonamides is 1. The van der Waals surface area contributed by atoms with Crippen LogP contribution in [0.4, 0.5) is 6.01 Å². The fourth-order valence-electron chi connectivity index (χ4n) is 3.32. The van der Waals surface area contributed by atoms with Crippen LogP contribution in [0.15, 0.2) is 51.8 Å². The molecule has 0 atom stereocenters. The summed E-state index contributed by atoms with van der Waals surface area (Å²) in [4.78, 5) is 12.6. The maximum absolute atomic E-state index is 12.7. The average Bonchev–Trinajstić information content (AvgIpc) is 3.22. The van der Waals surface area contributed by atoms with Crippen molar-refractivity contribution in [1.29, 1.82) is 0 Å². The Morgan fingerprint density at radius 1 is 1.03 bits per heavy atom. The van der Waals surface area contributed by atoms with Crippen LogP contribution in [-0.2, 0) is 14.8 Å². The van der Waals surface area contributed by atoms with E-state index in [1.54, 1.807) is 0 Å². The molecule has 0 saturated carbocycles. The zero-order chi connectivity index (χ0) is 22.0. The van der Waals surface area contributed by atoms with E-state index < -0.39 is 15.9 Å². The molecule has 0 spiro atoms. The average molecular weight is 442 g/mol. The molecular formula is C21H22N4O5S. The van der Waals surface area contributed by atoms with Gasteiger partial charge in [-0.15, -0.1) is 5.10 Å². The fourth-order valence-corrected chi connectivity index (χ4v) is 4.73. The summed E-state index contributed by atoms with van der Waals surface area (Å²) in [5.41, 5.74) is 3.16. The number of carbonyl (C=O) groups excluding carboxylic acids is 1. The number of nitrogens with zero attached hydrogens (tertiary/aromatic N) is 3. The fraction of sp³-hybridized carbons (Fsp3) is 0.286. The van der Waals surface area contributed by atoms with Crippen molar-refractivity contribution in [2.75, 3.05) is 31.6 Å². The highest BCUT2D eigenvalue weighted by Crippen LogP contribution is 2.24. The molecule has 0 aliphatic carbocycles. The Morgan fingerprint density at radius 2 is 1.74 bits per heavy atom. The second-order valence-electron chi connectivity index (χ2n) is 7.23. The number of carbonyl (C=O) groups is 1. The maximum Gasteiger partial charge on any atom is 0.322 e. The van der Waals surface area contributed by atoms with E-state index in [1.165, 1.54) is 28.6 Å². The summed E-state index contributed by atoms with van der Waals surface area (Å²) in [6.07, 6.45) is 0. The molecule has 0 unspecified atom stereocenters. The van der Waals surface area contributed by atoms with Crippen molar-refractivity contribution in [2.45, 2.75) is 18.7 Å². The van der Waals surface area contributed by atoms with E-state index in [0.29, 0.717) is 32.2 Å². The van der Waals surface area contributed by atoms with Gasteiger partial charge in [-0.05, 0) is 49.7 Å². The molecule has 10 heteroatoms. The number of aryl methyl sites for hydroxylation is 2. The Morgan fingerprint density at radius 3 is 2.42 bits per heavy atom. The van der Waals surface area contributed by atoms with Crippen molar-refractivity contribution >= 4 is 21.9 Å². The molecule has 3 aromatic rings. The van der Waals surface area contributed by atoms with Crippen LogP contribution in [0, 0.1) is 13.8 Å². The summed E-state index contributed by atoms with van der Waals surface area (Å²) in [5, 5.41) is 10.4. The summed E-state index contributed by atoms with van der Waals surface area (Å²) >= 11 is 0. The summed E-state index contributed by atoms with van der Waals surface area (Å²) < 4.78 is 37.5. The van der Waals surface area contributed by atoms with Gasteiger partial charge in [0.15, 0.2) is 0 Å². The van der Waals surface area contributed by atoms with Crippen molar-refractivity contribution in [2.24, 2.45) is 0 Å². The minimum atomic E-state index is -3.62. The van der Waals surface area contributed by atoms with E-state index in [9.17, 15) is 13.2 Å². The number of nitrogens with one attached hydrogen (secondary N) is 1. The van der Waals surface area contributed by atoms with Crippen LogP contribution in [0.2, 0.25) is 0 Å². The smallest absolute Gasteiger partial charge is 0.322 e. The van der Waals surface area contributed by atoms with E-state index in [-0.39, 0.29) is 16.5 Å². The first-order valence-electron chi connectivity index (χ1n) is 9.75. The van der Waals surface area contributed by atoms with Crippen LogP contribution in [0.1, 0.15) is 21.5 Å². The number of ether oxygens (including phenoxy) is 1. The summed E-state index contributed by atoms with van der Waals surface area (Å²) in [6, 6.07) is 11.5. The van der Waals surface area contributed by atoms with Gasteiger partial charge in [-0.1, -0.05) is 22.8 Å². The highest BCUT2D eigenvalue weighted by atomic mass is 32.2. The lowest BCUT2D eigenvalue weighted by molar-refractivity contribution is 0.0730. The monoisotopic (exact) mass is 442 g/mol. The van der Waals surface area contributed by atoms with Crippen molar-refractivity contribution < 1.29 is 22.4 Å². The Labute approximate surface area is 180 Å². The Hall–Kier alpha value is -3.08. The molecule has 1 aliphatic rings. The van der Waals surface area contributed by atoms with Gasteiger partial charge in [0.05, 0.1) is 18.1 Å². The molecular weight excluding hydrogens is 420 g/mol. The summed E-state index contributed by atoms with van der Waals surface area (Å²) in [6.45, 7) is 5.29. The molecule has 1 aromatic heterocycles. The standard InChI is InChI=1S/C21H22N4O5S/c1-14-3-8-18(15(2)13-14)20-23-24-21(30-20)22-19(26)16-4-6-17(7-5-16)31(27,28)25-9-11-29-12-10-25/h3-8,13H,9-12H2,1-2H3,(H,22,24,26). The van der Waals surface area contributed by atoms with Gasteiger partial charge in [0.25, 0.3) is 5.91 Å². The lowest BCUT2D eigenvalue weighted by Crippen LogP contribution is -2.40. The topological polar surface area (TPSA) is 115 Å². The molecule has 2 heterocycles. The number of benzene rings is 2. The first-order valence-corrected chi connectivity index (χ1v) is 11.2. The minimum Gasteiger partial charge on any atom is -0.403 e. The molecule has 0 bridgehead atoms. The van der Waals surface area contributed by atoms with E-state index in [4.69, 9.17) is 9.15 Å². The minimum absolute atomic E-state index is 0.0370. The third-order valence-corrected chi connectivity index (χ3v) is 6.89. The molecule has 1 amide bonds. The molecule has 1 saturated heterocycles. The second kappa shape index (κ2) is 8.58. The first-order chi connectivity index (χ1) is 14.8. The number of morpholine rings is 1. The van der Waals surface area contributed by atoms with Gasteiger partial charge < -0.3 is 9.15 Å². The molecule has 2 aromatic carbocycles. The number of aromatic nitrogens is 2. The van der Waals surface area contributed by atoms with Gasteiger partial charge >= 0.3 is 6.01 Å². The first kappa shape index (κ1) is 21.2. The predicted molar refractivity (Wildman–Crippen MR) is 113 cm³/mol. The second-order valence-corrected chi connectivity index (χ2v) is 9.16. The van der Waals surface area contributed by atoms with Gasteiger partial charge in [-0.25, -0.2) is 8.42 Å². The molecule has 162 valence electrons. The van der Waals surface area contributed by atoms with Crippen LogP contribution < -0.4 is 5.32 Å². The molecule has 31 heavy (non-hydrogen) atoms. The molecule has 1 fully saturated rings. The number of hydrogen-bond donors (Lipinski definition) is 1. The zero-order valence-electron chi connectivity index (χ0n) is 17.2. The van der Waals surface area contributed by atoms with Gasteiger partial charge in [0, 0.05) is 24.2 Å². The van der Waals surface area contributed by atoms with E-state index >= 15 is 0 Å². The third kappa shape index (κ3) is 4.50. The molecule has 4 rings (SSSR count). The maximum atomic E-state index is 12.7. The van der Waals surface area contributed by atoms with Crippen LogP contribution in [0.25, 0.3) is 11.5 Å². The number of anilines is 1. The predicted octanol–water partition coefficient (Wildman–Crippen LogP) is 2.63. The van der Waals surface area contributed by atoms with Gasteiger partial charge in [0.1, 0.15) is 0 Å². The number of hydrogen-bond acceptors (Lipinski definition) is 7. The van der Waals surface area contributed by atoms with Crippen molar-refractivity contribution in [3.63, 3.8) is 0 Å². The van der Waals surface area contributed by atoms with Gasteiger partial charge in [-0.3, -0.25) is 10.1 Å². The Balaban J connectivity index is 1.46. The van der Waals surface area contributed by atoms with E-state index in [2.05, 4.69) is 15.5 Å². The SMILES string of the molecule is Cc1ccc(-c2nnc(NC(=O)c3ccc(S(=O)(=O)N4CCOCC4)cc3)o2)c(C)c1. The quantitative estimate of drug-likeness (QED) is 0.646. The third-order valence-electron chi connectivity index (χ3n) is 4.98. The van der Waals surface area contributed by atoms with Crippen molar-refractivity contribution in [1.82, 2.24) is 14.5 Å². The molecule has 0 radical (unpaired) electrons. The van der Waals surface area contributed by atoms with Crippen LogP contribution in [0.5, 0.6) is 0 Å². The Bertz CT molecular complexity index is 1200. The molecule has 1 aliphatic heterocycles. The van der Waals surface area contributed by atoms with E-state index in [1.807, 2.05) is 32.0 Å². The number of rotatable bonds is 5. The normalized spacial score (nSPS) is 15.0. The van der Waals surface area contributed by atoms with Gasteiger partial charge in [0.2, 0.25) is 15.9 Å². The van der Waals surface area contributed by atoms with Crippen LogP contribution in [0.3, 0.4) is 0 Å². The summed E-state index contributed by atoms with van der Waals surface area (Å²) in [7, 11) is -3.62. The summed E-state index contributed by atoms with van der Waals surface area (Å²) in [5.74, 6) is -0.175. The van der Waals surface area contributed by atoms with Crippen molar-refractivity contribution in [3.8, 4) is 11.5 Å². The zero-order valence-corrected chi connectivity index (χ0v) is 18.0. The lowest BCUT2D eigenvalue weighted by Gasteiger charge is -2.26. The molecule has 1 N–H and O–H groups in total. The largest absolute Gasteiger partial charge is 0.403 e. The highest BCUT2D eigenvalue weighted by molar-refractivity contribution is 7.89. The number of amides is 1. The lowest BCUT2D eigenvalue weighted by atomic mass is 10.1. The van der Waals surface area contributed by atoms with Crippen LogP contribution >= 0.6 is 0 Å². The van der Waals surface area contributed by atoms with E-state index in [0.717, 1.165) is 16.7 Å².